The van der Waals surface area contributed by atoms with Gasteiger partial charge in [0.25, 0.3) is 0 Å². The van der Waals surface area contributed by atoms with E-state index in [0.29, 0.717) is 23.8 Å². The van der Waals surface area contributed by atoms with Crippen molar-refractivity contribution in [1.29, 1.82) is 0 Å². The Morgan fingerprint density at radius 2 is 1.96 bits per heavy atom. The third kappa shape index (κ3) is 3.90. The highest BCUT2D eigenvalue weighted by Crippen LogP contribution is 2.17. The number of aryl methyl sites for hydroxylation is 1. The number of halogens is 1. The summed E-state index contributed by atoms with van der Waals surface area (Å²) in [5.41, 5.74) is 1.65. The zero-order chi connectivity index (χ0) is 16.2. The van der Waals surface area contributed by atoms with Gasteiger partial charge in [-0.3, -0.25) is 0 Å². The first-order valence-corrected chi connectivity index (χ1v) is 7.85. The lowest BCUT2D eigenvalue weighted by Crippen LogP contribution is -2.50. The first kappa shape index (κ1) is 15.6. The van der Waals surface area contributed by atoms with Crippen LogP contribution in [0.3, 0.4) is 0 Å². The summed E-state index contributed by atoms with van der Waals surface area (Å²) in [6, 6.07) is 9.00. The van der Waals surface area contributed by atoms with Crippen LogP contribution in [0.25, 0.3) is 0 Å². The second kappa shape index (κ2) is 6.83. The topological polar surface area (TPSA) is 61.4 Å². The molecule has 0 atom stereocenters. The minimum absolute atomic E-state index is 0.106. The van der Waals surface area contributed by atoms with E-state index in [-0.39, 0.29) is 6.03 Å². The predicted molar refractivity (Wildman–Crippen MR) is 91.0 cm³/mol. The highest BCUT2D eigenvalue weighted by atomic mass is 35.5. The maximum atomic E-state index is 12.3. The Balaban J connectivity index is 1.57. The number of rotatable bonds is 2. The number of carbonyl (C=O) groups excluding carboxylic acids is 1. The number of nitrogens with one attached hydrogen (secondary N) is 1. The lowest BCUT2D eigenvalue weighted by atomic mass is 10.3. The Hall–Kier alpha value is -2.34. The molecule has 0 spiro atoms. The lowest BCUT2D eigenvalue weighted by Gasteiger charge is -2.35. The zero-order valence-electron chi connectivity index (χ0n) is 12.9. The molecule has 1 aromatic heterocycles. The molecule has 1 aliphatic rings. The zero-order valence-corrected chi connectivity index (χ0v) is 13.6. The van der Waals surface area contributed by atoms with Crippen LogP contribution in [0.5, 0.6) is 0 Å². The number of anilines is 2. The molecule has 1 N–H and O–H groups in total. The van der Waals surface area contributed by atoms with Crippen LogP contribution in [-0.2, 0) is 0 Å². The van der Waals surface area contributed by atoms with Crippen LogP contribution in [0, 0.1) is 6.92 Å². The lowest BCUT2D eigenvalue weighted by molar-refractivity contribution is 0.208. The van der Waals surface area contributed by atoms with Gasteiger partial charge in [-0.2, -0.15) is 0 Å². The summed E-state index contributed by atoms with van der Waals surface area (Å²) < 4.78 is 0. The summed E-state index contributed by atoms with van der Waals surface area (Å²) in [5.74, 6) is 0.910. The number of hydrogen-bond donors (Lipinski definition) is 1. The van der Waals surface area contributed by atoms with Crippen molar-refractivity contribution in [2.24, 2.45) is 0 Å². The van der Waals surface area contributed by atoms with Crippen molar-refractivity contribution in [1.82, 2.24) is 14.9 Å². The van der Waals surface area contributed by atoms with E-state index in [4.69, 9.17) is 11.6 Å². The fraction of sp³-hybridized carbons (Fsp3) is 0.312. The standard InChI is InChI=1S/C16H18ClN5O/c1-12-9-15(19-11-18-12)21-5-7-22(8-6-21)16(23)20-14-4-2-3-13(17)10-14/h2-4,9-11H,5-8H2,1H3,(H,20,23). The molecular formula is C16H18ClN5O. The minimum atomic E-state index is -0.106. The fourth-order valence-corrected chi connectivity index (χ4v) is 2.71. The highest BCUT2D eigenvalue weighted by Gasteiger charge is 2.22. The maximum Gasteiger partial charge on any atom is 0.321 e. The Kier molecular flexibility index (Phi) is 4.62. The Morgan fingerprint density at radius 1 is 1.17 bits per heavy atom. The predicted octanol–water partition coefficient (Wildman–Crippen LogP) is 2.79. The van der Waals surface area contributed by atoms with Gasteiger partial charge in [-0.05, 0) is 25.1 Å². The van der Waals surface area contributed by atoms with E-state index in [9.17, 15) is 4.79 Å². The minimum Gasteiger partial charge on any atom is -0.353 e. The fourth-order valence-electron chi connectivity index (χ4n) is 2.52. The smallest absolute Gasteiger partial charge is 0.321 e. The number of urea groups is 1. The van der Waals surface area contributed by atoms with Crippen LogP contribution >= 0.6 is 11.6 Å². The van der Waals surface area contributed by atoms with E-state index >= 15 is 0 Å². The summed E-state index contributed by atoms with van der Waals surface area (Å²) in [4.78, 5) is 24.7. The van der Waals surface area contributed by atoms with Gasteiger partial charge in [0.15, 0.2) is 0 Å². The summed E-state index contributed by atoms with van der Waals surface area (Å²) in [7, 11) is 0. The molecule has 23 heavy (non-hydrogen) atoms. The van der Waals surface area contributed by atoms with Crippen molar-refractivity contribution in [3.8, 4) is 0 Å². The average molecular weight is 332 g/mol. The van der Waals surface area contributed by atoms with Crippen molar-refractivity contribution in [2.75, 3.05) is 36.4 Å². The molecular weight excluding hydrogens is 314 g/mol. The molecule has 1 aliphatic heterocycles. The molecule has 0 unspecified atom stereocenters. The van der Waals surface area contributed by atoms with Gasteiger partial charge in [-0.25, -0.2) is 14.8 Å². The molecule has 0 saturated carbocycles. The molecule has 0 bridgehead atoms. The second-order valence-electron chi connectivity index (χ2n) is 5.43. The average Bonchev–Trinajstić information content (AvgIpc) is 2.55. The van der Waals surface area contributed by atoms with E-state index < -0.39 is 0 Å². The van der Waals surface area contributed by atoms with Crippen LogP contribution in [0.1, 0.15) is 5.69 Å². The van der Waals surface area contributed by atoms with E-state index in [1.807, 2.05) is 25.1 Å². The molecule has 0 aliphatic carbocycles. The molecule has 1 saturated heterocycles. The van der Waals surface area contributed by atoms with Crippen LogP contribution in [0.4, 0.5) is 16.3 Å². The number of nitrogens with zero attached hydrogens (tertiary/aromatic N) is 4. The van der Waals surface area contributed by atoms with Crippen molar-refractivity contribution in [2.45, 2.75) is 6.92 Å². The third-order valence-electron chi connectivity index (χ3n) is 3.76. The second-order valence-corrected chi connectivity index (χ2v) is 5.87. The van der Waals surface area contributed by atoms with E-state index in [1.165, 1.54) is 0 Å². The van der Waals surface area contributed by atoms with Crippen molar-refractivity contribution in [3.05, 3.63) is 47.4 Å². The number of benzene rings is 1. The maximum absolute atomic E-state index is 12.3. The molecule has 2 aromatic rings. The summed E-state index contributed by atoms with van der Waals surface area (Å²) in [5, 5.41) is 3.48. The van der Waals surface area contributed by atoms with Gasteiger partial charge in [0, 0.05) is 48.6 Å². The molecule has 2 amide bonds. The molecule has 1 fully saturated rings. The molecule has 120 valence electrons. The first-order chi connectivity index (χ1) is 11.1. The number of piperazine rings is 1. The largest absolute Gasteiger partial charge is 0.353 e. The number of carbonyl (C=O) groups is 1. The third-order valence-corrected chi connectivity index (χ3v) is 3.99. The normalized spacial score (nSPS) is 14.7. The van der Waals surface area contributed by atoms with Gasteiger partial charge in [-0.15, -0.1) is 0 Å². The highest BCUT2D eigenvalue weighted by molar-refractivity contribution is 6.30. The Labute approximate surface area is 140 Å². The van der Waals surface area contributed by atoms with Crippen LogP contribution in [0.15, 0.2) is 36.7 Å². The van der Waals surface area contributed by atoms with E-state index in [2.05, 4.69) is 20.2 Å². The summed E-state index contributed by atoms with van der Waals surface area (Å²) >= 11 is 5.93. The SMILES string of the molecule is Cc1cc(N2CCN(C(=O)Nc3cccc(Cl)c3)CC2)ncn1. The molecule has 7 heteroatoms. The van der Waals surface area contributed by atoms with Crippen LogP contribution in [-0.4, -0.2) is 47.1 Å². The number of amides is 2. The molecule has 1 aromatic carbocycles. The van der Waals surface area contributed by atoms with Gasteiger partial charge >= 0.3 is 6.03 Å². The molecule has 3 rings (SSSR count). The van der Waals surface area contributed by atoms with Crippen molar-refractivity contribution >= 4 is 29.1 Å². The Morgan fingerprint density at radius 3 is 2.65 bits per heavy atom. The monoisotopic (exact) mass is 331 g/mol. The van der Waals surface area contributed by atoms with E-state index in [0.717, 1.165) is 24.6 Å². The van der Waals surface area contributed by atoms with Gasteiger partial charge < -0.3 is 15.1 Å². The van der Waals surface area contributed by atoms with Gasteiger partial charge in [0.2, 0.25) is 0 Å². The Bertz CT molecular complexity index is 700. The quantitative estimate of drug-likeness (QED) is 0.919. The van der Waals surface area contributed by atoms with Crippen molar-refractivity contribution < 1.29 is 4.79 Å². The number of hydrogen-bond acceptors (Lipinski definition) is 4. The summed E-state index contributed by atoms with van der Waals surface area (Å²) in [6.07, 6.45) is 1.57. The van der Waals surface area contributed by atoms with Crippen molar-refractivity contribution in [3.63, 3.8) is 0 Å². The first-order valence-electron chi connectivity index (χ1n) is 7.47. The van der Waals surface area contributed by atoms with Gasteiger partial charge in [-0.1, -0.05) is 17.7 Å². The van der Waals surface area contributed by atoms with Crippen LogP contribution < -0.4 is 10.2 Å². The van der Waals surface area contributed by atoms with Crippen LogP contribution in [0.2, 0.25) is 5.02 Å². The van der Waals surface area contributed by atoms with Gasteiger partial charge in [0.1, 0.15) is 12.1 Å². The molecule has 2 heterocycles. The molecule has 6 nitrogen and oxygen atoms in total. The van der Waals surface area contributed by atoms with E-state index in [1.54, 1.807) is 23.4 Å². The molecule has 0 radical (unpaired) electrons. The summed E-state index contributed by atoms with van der Waals surface area (Å²) in [6.45, 7) is 4.74. The number of aromatic nitrogens is 2. The van der Waals surface area contributed by atoms with Gasteiger partial charge in [0.05, 0.1) is 0 Å².